The number of allylic oxidation sites excluding steroid dienone is 5. The van der Waals surface area contributed by atoms with Crippen LogP contribution < -0.4 is 0 Å². The number of rotatable bonds is 11. The maximum atomic E-state index is 13.9. The Balaban J connectivity index is 2.95. The summed E-state index contributed by atoms with van der Waals surface area (Å²) in [6, 6.07) is 0. The Morgan fingerprint density at radius 3 is 1.81 bits per heavy atom. The van der Waals surface area contributed by atoms with Crippen molar-refractivity contribution in [1.82, 2.24) is 0 Å². The van der Waals surface area contributed by atoms with Crippen LogP contribution in [0.5, 0.6) is 0 Å². The van der Waals surface area contributed by atoms with Crippen molar-refractivity contribution < 1.29 is 75.8 Å². The lowest BCUT2D eigenvalue weighted by Gasteiger charge is -2.39. The minimum absolute atomic E-state index is 0.00618. The number of carboxylic acids is 1. The van der Waals surface area contributed by atoms with Crippen LogP contribution in [0.2, 0.25) is 0 Å². The maximum absolute atomic E-state index is 13.9. The Labute approximate surface area is 211 Å². The van der Waals surface area contributed by atoms with Crippen molar-refractivity contribution in [3.05, 3.63) is 33.5 Å². The molecule has 2 nitrogen and oxygen atoms in total. The summed E-state index contributed by atoms with van der Waals surface area (Å²) in [6.07, 6.45) is -9.08. The van der Waals surface area contributed by atoms with Gasteiger partial charge in [0.15, 0.2) is 0 Å². The van der Waals surface area contributed by atoms with Crippen LogP contribution in [0, 0.1) is 5.92 Å². The average Bonchev–Trinajstić information content (AvgIpc) is 2.67. The van der Waals surface area contributed by atoms with E-state index in [9.17, 15) is 70.7 Å². The van der Waals surface area contributed by atoms with Crippen molar-refractivity contribution in [3.8, 4) is 0 Å². The molecule has 0 aromatic carbocycles. The second-order valence-corrected chi connectivity index (χ2v) is 9.01. The van der Waals surface area contributed by atoms with E-state index >= 15 is 0 Å². The molecule has 0 aromatic heterocycles. The lowest BCUT2D eigenvalue weighted by atomic mass is 9.85. The summed E-state index contributed by atoms with van der Waals surface area (Å²) in [5.41, 5.74) is -0.304. The largest absolute Gasteiger partial charge is 0.481 e. The lowest BCUT2D eigenvalue weighted by molar-refractivity contribution is -0.439. The Morgan fingerprint density at radius 2 is 1.35 bits per heavy atom. The zero-order valence-electron chi connectivity index (χ0n) is 17.6. The van der Waals surface area contributed by atoms with Crippen molar-refractivity contribution in [2.24, 2.45) is 5.92 Å². The first-order chi connectivity index (χ1) is 16.3. The molecule has 1 aliphatic rings. The summed E-state index contributed by atoms with van der Waals surface area (Å²) >= 11 is 1.46. The highest BCUT2D eigenvalue weighted by atomic mass is 127. The van der Waals surface area contributed by atoms with Gasteiger partial charge in [0.05, 0.1) is 0 Å². The van der Waals surface area contributed by atoms with Crippen LogP contribution in [0.15, 0.2) is 33.5 Å². The van der Waals surface area contributed by atoms with Crippen molar-refractivity contribution >= 4 is 28.6 Å². The Bertz CT molecular complexity index is 948. The molecule has 0 fully saturated rings. The van der Waals surface area contributed by atoms with Crippen molar-refractivity contribution in [2.45, 2.75) is 67.4 Å². The Morgan fingerprint density at radius 1 is 0.865 bits per heavy atom. The summed E-state index contributed by atoms with van der Waals surface area (Å²) in [4.78, 5) is 11.2. The van der Waals surface area contributed by atoms with E-state index in [4.69, 9.17) is 5.11 Å². The molecular weight excluding hydrogens is 672 g/mol. The van der Waals surface area contributed by atoms with E-state index in [0.29, 0.717) is 12.2 Å². The monoisotopic (exact) mass is 686 g/mol. The summed E-state index contributed by atoms with van der Waals surface area (Å²) in [6.45, 7) is 0. The predicted octanol–water partition coefficient (Wildman–Crippen LogP) is 8.44. The van der Waals surface area contributed by atoms with E-state index < -0.39 is 66.4 Å². The van der Waals surface area contributed by atoms with Crippen LogP contribution in [-0.4, -0.2) is 52.8 Å². The van der Waals surface area contributed by atoms with Crippen LogP contribution in [0.4, 0.5) is 65.9 Å². The summed E-state index contributed by atoms with van der Waals surface area (Å²) < 4.78 is 197. The van der Waals surface area contributed by atoms with E-state index in [1.54, 1.807) is 0 Å². The third-order valence-electron chi connectivity index (χ3n) is 5.03. The number of carboxylic acid groups (broad SMARTS) is 1. The smallest absolute Gasteiger partial charge is 0.460 e. The molecule has 0 spiro atoms. The number of aliphatic carboxylic acids is 1. The first kappa shape index (κ1) is 33.4. The van der Waals surface area contributed by atoms with Gasteiger partial charge in [0, 0.05) is 10.0 Å². The van der Waals surface area contributed by atoms with Gasteiger partial charge in [0.25, 0.3) is 5.92 Å². The van der Waals surface area contributed by atoms with Crippen molar-refractivity contribution in [1.29, 1.82) is 0 Å². The number of hydrogen-bond donors (Lipinski definition) is 1. The van der Waals surface area contributed by atoms with Gasteiger partial charge in [-0.25, -0.2) is 8.78 Å². The van der Waals surface area contributed by atoms with Gasteiger partial charge < -0.3 is 5.11 Å². The molecule has 0 saturated carbocycles. The SMILES string of the molecule is O=C(O)C1C(CCCC=CCC(F)(F)C(F)(F)C(F)(F)C(F)(F)C(F)(F)C(F)(F)F)=CC(I)=CC1(F)F. The van der Waals surface area contributed by atoms with Gasteiger partial charge in [-0.1, -0.05) is 12.2 Å². The Hall–Kier alpha value is -1.63. The molecule has 1 N–H and O–H groups in total. The number of carbonyl (C=O) groups is 1. The fourth-order valence-corrected chi connectivity index (χ4v) is 3.87. The molecule has 37 heavy (non-hydrogen) atoms. The molecule has 0 aliphatic heterocycles. The molecular formula is C19H14F15IO2. The molecule has 0 aromatic rings. The molecule has 0 saturated heterocycles. The van der Waals surface area contributed by atoms with Crippen molar-refractivity contribution in [2.75, 3.05) is 0 Å². The van der Waals surface area contributed by atoms with E-state index in [2.05, 4.69) is 0 Å². The van der Waals surface area contributed by atoms with Crippen LogP contribution in [0.3, 0.4) is 0 Å². The van der Waals surface area contributed by atoms with Crippen molar-refractivity contribution in [3.63, 3.8) is 0 Å². The molecule has 214 valence electrons. The number of unbranched alkanes of at least 4 members (excludes halogenated alkanes) is 1. The van der Waals surface area contributed by atoms with Gasteiger partial charge in [-0.15, -0.1) is 0 Å². The van der Waals surface area contributed by atoms with E-state index in [1.165, 1.54) is 22.6 Å². The first-order valence-electron chi connectivity index (χ1n) is 9.58. The summed E-state index contributed by atoms with van der Waals surface area (Å²) in [7, 11) is 0. The highest BCUT2D eigenvalue weighted by molar-refractivity contribution is 14.1. The fraction of sp³-hybridized carbons (Fsp3) is 0.632. The maximum Gasteiger partial charge on any atom is 0.460 e. The normalized spacial score (nSPS) is 20.2. The van der Waals surface area contributed by atoms with E-state index in [0.717, 1.165) is 6.08 Å². The summed E-state index contributed by atoms with van der Waals surface area (Å²) in [5.74, 6) is -45.3. The quantitative estimate of drug-likeness (QED) is 0.103. The molecule has 1 unspecified atom stereocenters. The van der Waals surface area contributed by atoms with Crippen LogP contribution >= 0.6 is 22.6 Å². The highest BCUT2D eigenvalue weighted by Gasteiger charge is 2.90. The fourth-order valence-electron chi connectivity index (χ4n) is 3.06. The topological polar surface area (TPSA) is 37.3 Å². The van der Waals surface area contributed by atoms with Gasteiger partial charge in [-0.3, -0.25) is 4.79 Å². The van der Waals surface area contributed by atoms with Gasteiger partial charge >= 0.3 is 41.8 Å². The second kappa shape index (κ2) is 10.5. The number of hydrogen-bond acceptors (Lipinski definition) is 1. The van der Waals surface area contributed by atoms with Gasteiger partial charge in [-0.05, 0) is 59.6 Å². The zero-order chi connectivity index (χ0) is 29.5. The van der Waals surface area contributed by atoms with Crippen LogP contribution in [0.1, 0.15) is 25.7 Å². The molecule has 0 heterocycles. The van der Waals surface area contributed by atoms with Gasteiger partial charge in [-0.2, -0.15) is 57.1 Å². The average molecular weight is 686 g/mol. The van der Waals surface area contributed by atoms with Gasteiger partial charge in [0.2, 0.25) is 0 Å². The minimum atomic E-state index is -7.97. The van der Waals surface area contributed by atoms with Gasteiger partial charge in [0.1, 0.15) is 5.92 Å². The number of alkyl halides is 15. The Kier molecular flexibility index (Phi) is 9.48. The molecule has 18 heteroatoms. The molecule has 1 rings (SSSR count). The second-order valence-electron chi connectivity index (χ2n) is 7.76. The molecule has 0 radical (unpaired) electrons. The third kappa shape index (κ3) is 6.17. The molecule has 1 aliphatic carbocycles. The van der Waals surface area contributed by atoms with E-state index in [1.807, 2.05) is 0 Å². The van der Waals surface area contributed by atoms with Crippen LogP contribution in [0.25, 0.3) is 0 Å². The predicted molar refractivity (Wildman–Crippen MR) is 105 cm³/mol. The number of halogens is 16. The minimum Gasteiger partial charge on any atom is -0.481 e. The molecule has 0 amide bonds. The molecule has 0 bridgehead atoms. The zero-order valence-corrected chi connectivity index (χ0v) is 19.8. The third-order valence-corrected chi connectivity index (χ3v) is 5.65. The van der Waals surface area contributed by atoms with Crippen LogP contribution in [-0.2, 0) is 4.79 Å². The van der Waals surface area contributed by atoms with E-state index in [-0.39, 0.29) is 28.1 Å². The standard InChI is InChI=1S/C19H14F15IO2/c20-13(21)8-10(35)7-9(11(13)12(36)37)5-3-1-2-4-6-14(22,23)15(24,25)16(26,27)17(28,29)18(30,31)19(32,33)34/h2,4,7-8,11H,1,3,5-6H2,(H,36,37). The lowest BCUT2D eigenvalue weighted by Crippen LogP contribution is -2.70. The summed E-state index contributed by atoms with van der Waals surface area (Å²) in [5, 5.41) is 9.01. The highest BCUT2D eigenvalue weighted by Crippen LogP contribution is 2.60. The first-order valence-corrected chi connectivity index (χ1v) is 10.7. The molecule has 1 atom stereocenters.